The van der Waals surface area contributed by atoms with E-state index >= 15 is 0 Å². The van der Waals surface area contributed by atoms with E-state index in [1.54, 1.807) is 0 Å². The molecule has 0 spiro atoms. The summed E-state index contributed by atoms with van der Waals surface area (Å²) in [6, 6.07) is 0. The van der Waals surface area contributed by atoms with Crippen LogP contribution in [0.2, 0.25) is 0 Å². The van der Waals surface area contributed by atoms with Crippen molar-refractivity contribution in [1.29, 1.82) is 0 Å². The highest BCUT2D eigenvalue weighted by Gasteiger charge is 2.02. The Hall–Kier alpha value is -0.0800. The second kappa shape index (κ2) is 10.0. The quantitative estimate of drug-likeness (QED) is 0.563. The summed E-state index contributed by atoms with van der Waals surface area (Å²) in [5, 5.41) is 0. The predicted molar refractivity (Wildman–Crippen MR) is 57.8 cm³/mol. The zero-order valence-electron chi connectivity index (χ0n) is 9.22. The summed E-state index contributed by atoms with van der Waals surface area (Å²) in [7, 11) is 0. The van der Waals surface area contributed by atoms with Gasteiger partial charge in [0, 0.05) is 6.61 Å². The van der Waals surface area contributed by atoms with Gasteiger partial charge in [-0.15, -0.1) is 0 Å². The SMILES string of the molecule is CCCCCCOCC(CC)CN. The highest BCUT2D eigenvalue weighted by atomic mass is 16.5. The maximum absolute atomic E-state index is 5.57. The van der Waals surface area contributed by atoms with E-state index in [4.69, 9.17) is 10.5 Å². The van der Waals surface area contributed by atoms with Crippen molar-refractivity contribution in [3.05, 3.63) is 0 Å². The van der Waals surface area contributed by atoms with Gasteiger partial charge in [0.1, 0.15) is 0 Å². The van der Waals surface area contributed by atoms with Crippen molar-refractivity contribution in [2.75, 3.05) is 19.8 Å². The molecule has 0 aromatic rings. The van der Waals surface area contributed by atoms with Crippen LogP contribution in [0.1, 0.15) is 46.0 Å². The zero-order valence-corrected chi connectivity index (χ0v) is 9.22. The van der Waals surface area contributed by atoms with E-state index in [0.717, 1.165) is 26.2 Å². The lowest BCUT2D eigenvalue weighted by molar-refractivity contribution is 0.0971. The van der Waals surface area contributed by atoms with Crippen LogP contribution in [0.15, 0.2) is 0 Å². The van der Waals surface area contributed by atoms with E-state index in [9.17, 15) is 0 Å². The third-order valence-electron chi connectivity index (χ3n) is 2.41. The molecule has 0 aliphatic carbocycles. The largest absolute Gasteiger partial charge is 0.381 e. The molecule has 2 heteroatoms. The van der Waals surface area contributed by atoms with Gasteiger partial charge in [-0.1, -0.05) is 33.1 Å². The molecule has 0 saturated carbocycles. The Balaban J connectivity index is 3.05. The molecule has 13 heavy (non-hydrogen) atoms. The summed E-state index contributed by atoms with van der Waals surface area (Å²) < 4.78 is 5.54. The average Bonchev–Trinajstić information content (AvgIpc) is 2.17. The van der Waals surface area contributed by atoms with E-state index in [-0.39, 0.29) is 0 Å². The van der Waals surface area contributed by atoms with Gasteiger partial charge >= 0.3 is 0 Å². The first-order chi connectivity index (χ1) is 6.35. The highest BCUT2D eigenvalue weighted by molar-refractivity contribution is 4.55. The third kappa shape index (κ3) is 8.26. The normalized spacial score (nSPS) is 13.2. The van der Waals surface area contributed by atoms with Crippen LogP contribution in [0.5, 0.6) is 0 Å². The number of hydrogen-bond donors (Lipinski definition) is 1. The number of unbranched alkanes of at least 4 members (excludes halogenated alkanes) is 3. The molecule has 0 saturated heterocycles. The van der Waals surface area contributed by atoms with E-state index in [1.807, 2.05) is 0 Å². The van der Waals surface area contributed by atoms with Crippen molar-refractivity contribution >= 4 is 0 Å². The molecule has 0 fully saturated rings. The molecule has 0 amide bonds. The first-order valence-corrected chi connectivity index (χ1v) is 5.62. The average molecular weight is 187 g/mol. The molecule has 0 aliphatic heterocycles. The minimum absolute atomic E-state index is 0.561. The van der Waals surface area contributed by atoms with Crippen LogP contribution in [0.4, 0.5) is 0 Å². The number of rotatable bonds is 9. The second-order valence-corrected chi connectivity index (χ2v) is 3.65. The van der Waals surface area contributed by atoms with Crippen molar-refractivity contribution in [3.63, 3.8) is 0 Å². The summed E-state index contributed by atoms with van der Waals surface area (Å²) in [6.07, 6.45) is 6.26. The van der Waals surface area contributed by atoms with Gasteiger partial charge in [0.05, 0.1) is 6.61 Å². The molecular weight excluding hydrogens is 162 g/mol. The van der Waals surface area contributed by atoms with Crippen molar-refractivity contribution < 1.29 is 4.74 Å². The van der Waals surface area contributed by atoms with Gasteiger partial charge < -0.3 is 10.5 Å². The third-order valence-corrected chi connectivity index (χ3v) is 2.41. The van der Waals surface area contributed by atoms with Crippen molar-refractivity contribution in [2.24, 2.45) is 11.7 Å². The summed E-state index contributed by atoms with van der Waals surface area (Å²) in [5.74, 6) is 0.561. The molecule has 2 nitrogen and oxygen atoms in total. The first-order valence-electron chi connectivity index (χ1n) is 5.62. The van der Waals surface area contributed by atoms with Gasteiger partial charge in [-0.3, -0.25) is 0 Å². The van der Waals surface area contributed by atoms with Gasteiger partial charge in [0.2, 0.25) is 0 Å². The smallest absolute Gasteiger partial charge is 0.0506 e. The van der Waals surface area contributed by atoms with Crippen LogP contribution in [0.3, 0.4) is 0 Å². The fraction of sp³-hybridized carbons (Fsp3) is 1.00. The van der Waals surface area contributed by atoms with Crippen LogP contribution in [-0.2, 0) is 4.74 Å². The lowest BCUT2D eigenvalue weighted by atomic mass is 10.1. The van der Waals surface area contributed by atoms with E-state index in [1.165, 1.54) is 25.7 Å². The summed E-state index contributed by atoms with van der Waals surface area (Å²) in [6.45, 7) is 6.90. The minimum Gasteiger partial charge on any atom is -0.381 e. The molecule has 2 N–H and O–H groups in total. The molecule has 80 valence electrons. The van der Waals surface area contributed by atoms with Crippen molar-refractivity contribution in [1.82, 2.24) is 0 Å². The Morgan fingerprint density at radius 1 is 1.15 bits per heavy atom. The van der Waals surface area contributed by atoms with Gasteiger partial charge in [-0.2, -0.15) is 0 Å². The van der Waals surface area contributed by atoms with Crippen LogP contribution in [-0.4, -0.2) is 19.8 Å². The Morgan fingerprint density at radius 3 is 2.46 bits per heavy atom. The van der Waals surface area contributed by atoms with Gasteiger partial charge in [0.15, 0.2) is 0 Å². The highest BCUT2D eigenvalue weighted by Crippen LogP contribution is 2.03. The van der Waals surface area contributed by atoms with Gasteiger partial charge in [-0.05, 0) is 25.3 Å². The van der Waals surface area contributed by atoms with Crippen LogP contribution >= 0.6 is 0 Å². The number of ether oxygens (including phenoxy) is 1. The van der Waals surface area contributed by atoms with Crippen molar-refractivity contribution in [3.8, 4) is 0 Å². The fourth-order valence-electron chi connectivity index (χ4n) is 1.23. The monoisotopic (exact) mass is 187 g/mol. The molecule has 0 rings (SSSR count). The number of hydrogen-bond acceptors (Lipinski definition) is 2. The minimum atomic E-state index is 0.561. The fourth-order valence-corrected chi connectivity index (χ4v) is 1.23. The lowest BCUT2D eigenvalue weighted by Crippen LogP contribution is -2.19. The molecular formula is C11H25NO. The van der Waals surface area contributed by atoms with E-state index in [2.05, 4.69) is 13.8 Å². The Morgan fingerprint density at radius 2 is 1.92 bits per heavy atom. The maximum atomic E-state index is 5.57. The summed E-state index contributed by atoms with van der Waals surface area (Å²) in [5.41, 5.74) is 5.57. The molecule has 0 radical (unpaired) electrons. The van der Waals surface area contributed by atoms with Gasteiger partial charge in [-0.25, -0.2) is 0 Å². The second-order valence-electron chi connectivity index (χ2n) is 3.65. The maximum Gasteiger partial charge on any atom is 0.0506 e. The van der Waals surface area contributed by atoms with Crippen molar-refractivity contribution in [2.45, 2.75) is 46.0 Å². The molecule has 1 unspecified atom stereocenters. The summed E-state index contributed by atoms with van der Waals surface area (Å²) >= 11 is 0. The standard InChI is InChI=1S/C11H25NO/c1-3-5-6-7-8-13-10-11(4-2)9-12/h11H,3-10,12H2,1-2H3. The molecule has 0 aliphatic rings. The van der Waals surface area contributed by atoms with E-state index in [0.29, 0.717) is 5.92 Å². The topological polar surface area (TPSA) is 35.2 Å². The molecule has 0 bridgehead atoms. The van der Waals surface area contributed by atoms with Crippen LogP contribution in [0.25, 0.3) is 0 Å². The number of nitrogens with two attached hydrogens (primary N) is 1. The predicted octanol–water partition coefficient (Wildman–Crippen LogP) is 2.57. The Labute approximate surface area is 82.8 Å². The van der Waals surface area contributed by atoms with Crippen LogP contribution in [0, 0.1) is 5.92 Å². The molecule has 1 atom stereocenters. The Bertz CT molecular complexity index is 92.1. The zero-order chi connectivity index (χ0) is 9.94. The molecule has 0 heterocycles. The molecule has 0 aromatic carbocycles. The first kappa shape index (κ1) is 12.9. The summed E-state index contributed by atoms with van der Waals surface area (Å²) in [4.78, 5) is 0. The van der Waals surface area contributed by atoms with Gasteiger partial charge in [0.25, 0.3) is 0 Å². The van der Waals surface area contributed by atoms with E-state index < -0.39 is 0 Å². The van der Waals surface area contributed by atoms with Crippen LogP contribution < -0.4 is 5.73 Å². The Kier molecular flexibility index (Phi) is 9.94. The molecule has 0 aromatic heterocycles. The lowest BCUT2D eigenvalue weighted by Gasteiger charge is -2.12.